The lowest BCUT2D eigenvalue weighted by molar-refractivity contribution is 0.424. The van der Waals surface area contributed by atoms with Crippen molar-refractivity contribution in [1.29, 1.82) is 0 Å². The van der Waals surface area contributed by atoms with Crippen LogP contribution in [0.2, 0.25) is 0 Å². The third-order valence-corrected chi connectivity index (χ3v) is 4.98. The molecule has 0 radical (unpaired) electrons. The number of benzene rings is 1. The molecule has 0 aliphatic heterocycles. The van der Waals surface area contributed by atoms with Gasteiger partial charge in [0, 0.05) is 23.1 Å². The fourth-order valence-electron chi connectivity index (χ4n) is 3.62. The zero-order valence-corrected chi connectivity index (χ0v) is 12.2. The summed E-state index contributed by atoms with van der Waals surface area (Å²) >= 11 is 0. The van der Waals surface area contributed by atoms with Crippen LogP contribution in [0.25, 0.3) is 10.9 Å². The number of H-pyrrole nitrogens is 1. The molecule has 2 heteroatoms. The van der Waals surface area contributed by atoms with Crippen molar-refractivity contribution in [2.45, 2.75) is 45.6 Å². The van der Waals surface area contributed by atoms with Crippen LogP contribution in [0.4, 0.5) is 0 Å². The molecular formula is C17H24N2. The van der Waals surface area contributed by atoms with E-state index in [1.165, 1.54) is 53.3 Å². The molecule has 102 valence electrons. The maximum absolute atomic E-state index is 3.48. The Balaban J connectivity index is 1.91. The highest BCUT2D eigenvalue weighted by Crippen LogP contribution is 2.32. The number of aromatic nitrogens is 1. The standard InChI is InChI=1S/C17H24N2/c1-11-7-8-15-14(10-19-17(15)12(11)2)9-13-5-4-6-16(13)18-3/h7-8,10,13,16,18-19H,4-6,9H2,1-3H3. The van der Waals surface area contributed by atoms with Gasteiger partial charge in [0.2, 0.25) is 0 Å². The maximum Gasteiger partial charge on any atom is 0.0489 e. The summed E-state index contributed by atoms with van der Waals surface area (Å²) in [5.74, 6) is 0.797. The quantitative estimate of drug-likeness (QED) is 0.860. The first-order chi connectivity index (χ1) is 9.20. The van der Waals surface area contributed by atoms with Crippen LogP contribution in [0.3, 0.4) is 0 Å². The van der Waals surface area contributed by atoms with Crippen molar-refractivity contribution in [3.63, 3.8) is 0 Å². The second-order valence-electron chi connectivity index (χ2n) is 6.03. The second-order valence-corrected chi connectivity index (χ2v) is 6.03. The molecule has 19 heavy (non-hydrogen) atoms. The predicted molar refractivity (Wildman–Crippen MR) is 81.7 cm³/mol. The van der Waals surface area contributed by atoms with Crippen molar-refractivity contribution in [3.05, 3.63) is 35.0 Å². The lowest BCUT2D eigenvalue weighted by Crippen LogP contribution is -2.29. The zero-order chi connectivity index (χ0) is 13.4. The Bertz CT molecular complexity index is 582. The molecule has 2 unspecified atom stereocenters. The summed E-state index contributed by atoms with van der Waals surface area (Å²) in [5, 5.41) is 4.91. The van der Waals surface area contributed by atoms with E-state index >= 15 is 0 Å². The molecule has 0 saturated heterocycles. The molecule has 2 aromatic rings. The van der Waals surface area contributed by atoms with Gasteiger partial charge < -0.3 is 10.3 Å². The molecule has 0 spiro atoms. The molecule has 2 N–H and O–H groups in total. The number of aromatic amines is 1. The van der Waals surface area contributed by atoms with Crippen LogP contribution in [-0.4, -0.2) is 18.1 Å². The summed E-state index contributed by atoms with van der Waals surface area (Å²) in [5.41, 5.74) is 5.58. The molecule has 1 aliphatic rings. The van der Waals surface area contributed by atoms with Gasteiger partial charge in [0.15, 0.2) is 0 Å². The van der Waals surface area contributed by atoms with Gasteiger partial charge in [-0.05, 0) is 62.8 Å². The topological polar surface area (TPSA) is 27.8 Å². The minimum atomic E-state index is 0.705. The van der Waals surface area contributed by atoms with Gasteiger partial charge in [-0.3, -0.25) is 0 Å². The second kappa shape index (κ2) is 5.01. The summed E-state index contributed by atoms with van der Waals surface area (Å²) < 4.78 is 0. The van der Waals surface area contributed by atoms with Crippen molar-refractivity contribution < 1.29 is 0 Å². The fourth-order valence-corrected chi connectivity index (χ4v) is 3.62. The van der Waals surface area contributed by atoms with Crippen LogP contribution < -0.4 is 5.32 Å². The normalized spacial score (nSPS) is 23.3. The fraction of sp³-hybridized carbons (Fsp3) is 0.529. The average Bonchev–Trinajstić information content (AvgIpc) is 3.02. The highest BCUT2D eigenvalue weighted by Gasteiger charge is 2.26. The van der Waals surface area contributed by atoms with E-state index in [1.807, 2.05) is 0 Å². The minimum Gasteiger partial charge on any atom is -0.361 e. The van der Waals surface area contributed by atoms with Gasteiger partial charge in [-0.15, -0.1) is 0 Å². The molecule has 1 heterocycles. The van der Waals surface area contributed by atoms with Crippen molar-refractivity contribution >= 4 is 10.9 Å². The summed E-state index contributed by atoms with van der Waals surface area (Å²) in [6, 6.07) is 5.24. The number of rotatable bonds is 3. The van der Waals surface area contributed by atoms with Crippen molar-refractivity contribution in [2.75, 3.05) is 7.05 Å². The predicted octanol–water partition coefficient (Wildman–Crippen LogP) is 3.72. The first-order valence-electron chi connectivity index (χ1n) is 7.44. The molecule has 0 amide bonds. The Hall–Kier alpha value is -1.28. The monoisotopic (exact) mass is 256 g/mol. The largest absolute Gasteiger partial charge is 0.361 e. The van der Waals surface area contributed by atoms with Gasteiger partial charge in [0.25, 0.3) is 0 Å². The molecule has 1 aromatic heterocycles. The smallest absolute Gasteiger partial charge is 0.0489 e. The van der Waals surface area contributed by atoms with Crippen molar-refractivity contribution in [2.24, 2.45) is 5.92 Å². The highest BCUT2D eigenvalue weighted by molar-refractivity contribution is 5.86. The Labute approximate surface area is 115 Å². The van der Waals surface area contributed by atoms with E-state index in [-0.39, 0.29) is 0 Å². The van der Waals surface area contributed by atoms with Crippen LogP contribution in [0.15, 0.2) is 18.3 Å². The van der Waals surface area contributed by atoms with Gasteiger partial charge in [0.05, 0.1) is 0 Å². The van der Waals surface area contributed by atoms with Crippen LogP contribution in [0.5, 0.6) is 0 Å². The van der Waals surface area contributed by atoms with E-state index < -0.39 is 0 Å². The molecule has 0 bridgehead atoms. The summed E-state index contributed by atoms with van der Waals surface area (Å²) in [6.45, 7) is 4.40. The van der Waals surface area contributed by atoms with Crippen LogP contribution in [-0.2, 0) is 6.42 Å². The number of hydrogen-bond acceptors (Lipinski definition) is 1. The van der Waals surface area contributed by atoms with Crippen molar-refractivity contribution in [1.82, 2.24) is 10.3 Å². The lowest BCUT2D eigenvalue weighted by atomic mass is 9.93. The summed E-state index contributed by atoms with van der Waals surface area (Å²) in [4.78, 5) is 3.48. The maximum atomic E-state index is 3.48. The first-order valence-corrected chi connectivity index (χ1v) is 7.44. The van der Waals surface area contributed by atoms with E-state index in [4.69, 9.17) is 0 Å². The molecule has 3 rings (SSSR count). The SMILES string of the molecule is CNC1CCCC1Cc1c[nH]c2c(C)c(C)ccc12. The van der Waals surface area contributed by atoms with Gasteiger partial charge in [-0.25, -0.2) is 0 Å². The van der Waals surface area contributed by atoms with Gasteiger partial charge in [0.1, 0.15) is 0 Å². The Morgan fingerprint density at radius 3 is 2.89 bits per heavy atom. The molecule has 2 nitrogen and oxygen atoms in total. The lowest BCUT2D eigenvalue weighted by Gasteiger charge is -2.18. The van der Waals surface area contributed by atoms with Crippen LogP contribution >= 0.6 is 0 Å². The number of hydrogen-bond donors (Lipinski definition) is 2. The molecular weight excluding hydrogens is 232 g/mol. The zero-order valence-electron chi connectivity index (χ0n) is 12.2. The molecule has 1 saturated carbocycles. The molecule has 1 aromatic carbocycles. The van der Waals surface area contributed by atoms with E-state index in [2.05, 4.69) is 49.5 Å². The van der Waals surface area contributed by atoms with Crippen molar-refractivity contribution in [3.8, 4) is 0 Å². The molecule has 1 fully saturated rings. The van der Waals surface area contributed by atoms with Gasteiger partial charge in [-0.2, -0.15) is 0 Å². The van der Waals surface area contributed by atoms with Gasteiger partial charge >= 0.3 is 0 Å². The summed E-state index contributed by atoms with van der Waals surface area (Å²) in [7, 11) is 2.10. The number of aryl methyl sites for hydroxylation is 2. The van der Waals surface area contributed by atoms with E-state index in [0.29, 0.717) is 6.04 Å². The van der Waals surface area contributed by atoms with E-state index in [1.54, 1.807) is 0 Å². The Morgan fingerprint density at radius 2 is 2.11 bits per heavy atom. The first kappa shape index (κ1) is 12.7. The van der Waals surface area contributed by atoms with Crippen LogP contribution in [0, 0.1) is 19.8 Å². The van der Waals surface area contributed by atoms with E-state index in [0.717, 1.165) is 5.92 Å². The van der Waals surface area contributed by atoms with E-state index in [9.17, 15) is 0 Å². The summed E-state index contributed by atoms with van der Waals surface area (Å²) in [6.07, 6.45) is 7.50. The molecule has 1 aliphatic carbocycles. The third kappa shape index (κ3) is 2.18. The third-order valence-electron chi connectivity index (χ3n) is 4.98. The minimum absolute atomic E-state index is 0.705. The Kier molecular flexibility index (Phi) is 3.36. The Morgan fingerprint density at radius 1 is 1.26 bits per heavy atom. The number of fused-ring (bicyclic) bond motifs is 1. The van der Waals surface area contributed by atoms with Crippen LogP contribution in [0.1, 0.15) is 36.0 Å². The molecule has 2 atom stereocenters. The van der Waals surface area contributed by atoms with Gasteiger partial charge in [-0.1, -0.05) is 18.6 Å². The average molecular weight is 256 g/mol. The highest BCUT2D eigenvalue weighted by atomic mass is 14.9. The number of nitrogens with one attached hydrogen (secondary N) is 2.